The lowest BCUT2D eigenvalue weighted by atomic mass is 9.89. The van der Waals surface area contributed by atoms with Crippen LogP contribution in [0, 0.1) is 5.92 Å². The molecule has 28 heavy (non-hydrogen) atoms. The number of carbonyl (C=O) groups is 1. The molecule has 2 heterocycles. The Bertz CT molecular complexity index is 913. The van der Waals surface area contributed by atoms with Crippen molar-refractivity contribution in [2.75, 3.05) is 23.5 Å². The zero-order valence-corrected chi connectivity index (χ0v) is 18.0. The van der Waals surface area contributed by atoms with Gasteiger partial charge in [0.15, 0.2) is 15.0 Å². The lowest BCUT2D eigenvalue weighted by Gasteiger charge is -2.25. The van der Waals surface area contributed by atoms with E-state index in [9.17, 15) is 13.2 Å². The summed E-state index contributed by atoms with van der Waals surface area (Å²) in [5.41, 5.74) is 0.734. The van der Waals surface area contributed by atoms with Gasteiger partial charge in [-0.05, 0) is 31.0 Å². The van der Waals surface area contributed by atoms with Gasteiger partial charge in [0.1, 0.15) is 5.75 Å². The molecule has 9 heteroatoms. The number of ether oxygens (including phenoxy) is 1. The second-order valence-corrected chi connectivity index (χ2v) is 11.3. The van der Waals surface area contributed by atoms with Gasteiger partial charge in [0, 0.05) is 16.9 Å². The molecule has 0 spiro atoms. The second kappa shape index (κ2) is 7.88. The van der Waals surface area contributed by atoms with E-state index in [-0.39, 0.29) is 34.6 Å². The smallest absolute Gasteiger partial charge is 0.251 e. The van der Waals surface area contributed by atoms with Crippen LogP contribution >= 0.6 is 23.4 Å². The lowest BCUT2D eigenvalue weighted by Crippen LogP contribution is -2.38. The van der Waals surface area contributed by atoms with Crippen molar-refractivity contribution in [2.24, 2.45) is 10.9 Å². The number of nitrogens with zero attached hydrogens (tertiary/aromatic N) is 2. The molecule has 2 saturated heterocycles. The summed E-state index contributed by atoms with van der Waals surface area (Å²) in [7, 11) is -1.56. The van der Waals surface area contributed by atoms with Gasteiger partial charge in [-0.1, -0.05) is 42.6 Å². The average molecular weight is 443 g/mol. The maximum atomic E-state index is 12.8. The Morgan fingerprint density at radius 2 is 2.00 bits per heavy atom. The summed E-state index contributed by atoms with van der Waals surface area (Å²) >= 11 is 7.69. The van der Waals surface area contributed by atoms with Gasteiger partial charge in [0.2, 0.25) is 0 Å². The predicted molar refractivity (Wildman–Crippen MR) is 113 cm³/mol. The fourth-order valence-electron chi connectivity index (χ4n) is 4.21. The van der Waals surface area contributed by atoms with Crippen molar-refractivity contribution in [2.45, 2.75) is 43.4 Å². The fraction of sp³-hybridized carbons (Fsp3) is 0.579. The monoisotopic (exact) mass is 442 g/mol. The maximum Gasteiger partial charge on any atom is 0.251 e. The van der Waals surface area contributed by atoms with Crippen LogP contribution in [0.1, 0.15) is 32.1 Å². The van der Waals surface area contributed by atoms with E-state index in [0.717, 1.165) is 31.4 Å². The molecule has 4 rings (SSSR count). The largest absolute Gasteiger partial charge is 0.495 e. The summed E-state index contributed by atoms with van der Waals surface area (Å²) in [4.78, 5) is 19.1. The number of benzene rings is 1. The number of aliphatic imine (C=N–C) groups is 1. The molecular weight excluding hydrogens is 420 g/mol. The van der Waals surface area contributed by atoms with E-state index < -0.39 is 9.84 Å². The molecular formula is C19H23ClN2O4S2. The minimum atomic E-state index is -3.10. The normalized spacial score (nSPS) is 28.5. The van der Waals surface area contributed by atoms with Crippen molar-refractivity contribution in [3.8, 4) is 5.75 Å². The first-order chi connectivity index (χ1) is 13.4. The first kappa shape index (κ1) is 20.0. The van der Waals surface area contributed by atoms with E-state index >= 15 is 0 Å². The molecule has 1 aromatic rings. The van der Waals surface area contributed by atoms with E-state index in [0.29, 0.717) is 15.9 Å². The van der Waals surface area contributed by atoms with Crippen LogP contribution in [0.4, 0.5) is 5.69 Å². The molecule has 1 aromatic carbocycles. The highest BCUT2D eigenvalue weighted by Gasteiger charge is 2.49. The highest BCUT2D eigenvalue weighted by Crippen LogP contribution is 2.42. The van der Waals surface area contributed by atoms with E-state index in [1.54, 1.807) is 19.2 Å². The number of amides is 1. The molecule has 6 nitrogen and oxygen atoms in total. The van der Waals surface area contributed by atoms with Gasteiger partial charge >= 0.3 is 0 Å². The fourth-order valence-corrected chi connectivity index (χ4v) is 8.38. The molecule has 0 unspecified atom stereocenters. The Balaban J connectivity index is 1.68. The second-order valence-electron chi connectivity index (χ2n) is 7.56. The molecule has 3 fully saturated rings. The van der Waals surface area contributed by atoms with Crippen molar-refractivity contribution < 1.29 is 17.9 Å². The highest BCUT2D eigenvalue weighted by atomic mass is 35.5. The number of methoxy groups -OCH3 is 1. The van der Waals surface area contributed by atoms with Gasteiger partial charge in [-0.25, -0.2) is 8.42 Å². The summed E-state index contributed by atoms with van der Waals surface area (Å²) in [6.45, 7) is 0. The lowest BCUT2D eigenvalue weighted by molar-refractivity contribution is -0.122. The van der Waals surface area contributed by atoms with Crippen LogP contribution in [0.2, 0.25) is 5.02 Å². The zero-order valence-electron chi connectivity index (χ0n) is 15.6. The predicted octanol–water partition coefficient (Wildman–Crippen LogP) is 3.53. The third kappa shape index (κ3) is 3.91. The van der Waals surface area contributed by atoms with Crippen LogP contribution in [0.5, 0.6) is 5.75 Å². The summed E-state index contributed by atoms with van der Waals surface area (Å²) in [6.07, 6.45) is 5.07. The van der Waals surface area contributed by atoms with Crippen molar-refractivity contribution in [3.05, 3.63) is 23.2 Å². The Labute approximate surface area is 174 Å². The molecule has 3 aliphatic rings. The number of sulfone groups is 1. The molecule has 0 aromatic heterocycles. The van der Waals surface area contributed by atoms with E-state index in [1.165, 1.54) is 18.2 Å². The van der Waals surface area contributed by atoms with Gasteiger partial charge in [0.05, 0.1) is 29.7 Å². The topological polar surface area (TPSA) is 76.0 Å². The SMILES string of the molecule is COc1ccc(N2C(=NC(=O)C3CCCCC3)S[C@@H]3CS(=O)(=O)C[C@@H]32)cc1Cl. The Morgan fingerprint density at radius 3 is 2.68 bits per heavy atom. The molecule has 1 aliphatic carbocycles. The number of amidine groups is 1. The molecule has 2 aliphatic heterocycles. The van der Waals surface area contributed by atoms with Crippen molar-refractivity contribution in [1.29, 1.82) is 0 Å². The Kier molecular flexibility index (Phi) is 5.64. The number of hydrogen-bond donors (Lipinski definition) is 0. The number of halogens is 1. The van der Waals surface area contributed by atoms with E-state index in [4.69, 9.17) is 16.3 Å². The number of anilines is 1. The van der Waals surface area contributed by atoms with Gasteiger partial charge in [0.25, 0.3) is 5.91 Å². The van der Waals surface area contributed by atoms with Crippen LogP contribution in [-0.2, 0) is 14.6 Å². The number of hydrogen-bond acceptors (Lipinski definition) is 5. The number of rotatable bonds is 3. The minimum Gasteiger partial charge on any atom is -0.495 e. The quantitative estimate of drug-likeness (QED) is 0.712. The third-order valence-corrected chi connectivity index (χ3v) is 9.15. The van der Waals surface area contributed by atoms with Crippen molar-refractivity contribution in [3.63, 3.8) is 0 Å². The first-order valence-corrected chi connectivity index (χ1v) is 12.6. The van der Waals surface area contributed by atoms with Gasteiger partial charge in [-0.2, -0.15) is 4.99 Å². The van der Waals surface area contributed by atoms with Crippen LogP contribution in [0.15, 0.2) is 23.2 Å². The Hall–Kier alpha value is -1.25. The number of carbonyl (C=O) groups excluding carboxylic acids is 1. The molecule has 152 valence electrons. The molecule has 0 radical (unpaired) electrons. The summed E-state index contributed by atoms with van der Waals surface area (Å²) in [5.74, 6) is 0.608. The van der Waals surface area contributed by atoms with E-state index in [2.05, 4.69) is 4.99 Å². The number of thioether (sulfide) groups is 1. The third-order valence-electron chi connectivity index (χ3n) is 5.64. The van der Waals surface area contributed by atoms with Gasteiger partial charge < -0.3 is 9.64 Å². The average Bonchev–Trinajstić information content (AvgIpc) is 3.13. The van der Waals surface area contributed by atoms with Gasteiger partial charge in [-0.15, -0.1) is 0 Å². The number of fused-ring (bicyclic) bond motifs is 1. The van der Waals surface area contributed by atoms with E-state index in [1.807, 2.05) is 11.0 Å². The molecule has 2 atom stereocenters. The minimum absolute atomic E-state index is 0.0210. The summed E-state index contributed by atoms with van der Waals surface area (Å²) < 4.78 is 29.6. The molecule has 1 amide bonds. The van der Waals surface area contributed by atoms with Crippen LogP contribution in [-0.4, -0.2) is 49.4 Å². The zero-order chi connectivity index (χ0) is 19.9. The highest BCUT2D eigenvalue weighted by molar-refractivity contribution is 8.16. The van der Waals surface area contributed by atoms with Gasteiger partial charge in [-0.3, -0.25) is 4.79 Å². The van der Waals surface area contributed by atoms with Crippen molar-refractivity contribution in [1.82, 2.24) is 0 Å². The Morgan fingerprint density at radius 1 is 1.25 bits per heavy atom. The molecule has 1 saturated carbocycles. The summed E-state index contributed by atoms with van der Waals surface area (Å²) in [6, 6.07) is 5.09. The van der Waals surface area contributed by atoms with Crippen LogP contribution in [0.3, 0.4) is 0 Å². The summed E-state index contributed by atoms with van der Waals surface area (Å²) in [5, 5.41) is 0.901. The van der Waals surface area contributed by atoms with Crippen LogP contribution in [0.25, 0.3) is 0 Å². The molecule has 0 bridgehead atoms. The maximum absolute atomic E-state index is 12.8. The first-order valence-electron chi connectivity index (χ1n) is 9.50. The van der Waals surface area contributed by atoms with Crippen LogP contribution < -0.4 is 9.64 Å². The molecule has 0 N–H and O–H groups in total. The van der Waals surface area contributed by atoms with Crippen molar-refractivity contribution >= 4 is 50.0 Å². The standard InChI is InChI=1S/C19H23ClN2O4S2/c1-26-16-8-7-13(9-14(16)20)22-15-10-28(24,25)11-17(15)27-19(22)21-18(23)12-5-3-2-4-6-12/h7-9,12,15,17H,2-6,10-11H2,1H3/t15-,17+/m0/s1.